The van der Waals surface area contributed by atoms with E-state index in [1.54, 1.807) is 24.3 Å². The third kappa shape index (κ3) is 3.66. The van der Waals surface area contributed by atoms with Crippen LogP contribution in [0.5, 0.6) is 11.5 Å². The minimum Gasteiger partial charge on any atom is -0.508 e. The molecule has 0 saturated heterocycles. The van der Waals surface area contributed by atoms with E-state index in [1.807, 2.05) is 24.3 Å². The molecule has 2 N–H and O–H groups in total. The van der Waals surface area contributed by atoms with Gasteiger partial charge in [-0.2, -0.15) is 0 Å². The summed E-state index contributed by atoms with van der Waals surface area (Å²) >= 11 is 0. The Bertz CT molecular complexity index is 1890. The SMILES string of the molecule is CC[C@H]1c2cc3oc(-c4ccc(O)cc4)c(C)c3cc2[C@@H](c2ccc3oc(-c4ccc(O)cc4)c(C)c3c2)[C@@H]1C. The highest BCUT2D eigenvalue weighted by atomic mass is 16.3. The molecule has 3 atom stereocenters. The molecule has 200 valence electrons. The maximum absolute atomic E-state index is 9.75. The molecule has 2 aromatic heterocycles. The van der Waals surface area contributed by atoms with Crippen molar-refractivity contribution >= 4 is 21.9 Å². The van der Waals surface area contributed by atoms with Crippen molar-refractivity contribution in [1.29, 1.82) is 0 Å². The first-order valence-electron chi connectivity index (χ1n) is 14.0. The Morgan fingerprint density at radius 1 is 0.650 bits per heavy atom. The molecule has 0 spiro atoms. The van der Waals surface area contributed by atoms with Gasteiger partial charge in [-0.1, -0.05) is 19.9 Å². The first kappa shape index (κ1) is 24.6. The third-order valence-electron chi connectivity index (χ3n) is 9.06. The molecule has 0 amide bonds. The highest BCUT2D eigenvalue weighted by molar-refractivity contribution is 5.91. The quantitative estimate of drug-likeness (QED) is 0.239. The van der Waals surface area contributed by atoms with Crippen LogP contribution < -0.4 is 0 Å². The van der Waals surface area contributed by atoms with Gasteiger partial charge in [0.05, 0.1) is 0 Å². The topological polar surface area (TPSA) is 66.7 Å². The van der Waals surface area contributed by atoms with Crippen LogP contribution in [0.4, 0.5) is 0 Å². The van der Waals surface area contributed by atoms with Gasteiger partial charge in [-0.3, -0.25) is 0 Å². The Morgan fingerprint density at radius 3 is 1.77 bits per heavy atom. The van der Waals surface area contributed by atoms with Gasteiger partial charge in [-0.15, -0.1) is 0 Å². The molecule has 4 aromatic carbocycles. The van der Waals surface area contributed by atoms with Crippen LogP contribution in [0.3, 0.4) is 0 Å². The number of aryl methyl sites for hydroxylation is 2. The van der Waals surface area contributed by atoms with E-state index >= 15 is 0 Å². The predicted octanol–water partition coefficient (Wildman–Crippen LogP) is 9.82. The number of benzene rings is 4. The Balaban J connectivity index is 1.36. The monoisotopic (exact) mass is 528 g/mol. The van der Waals surface area contributed by atoms with Crippen molar-refractivity contribution in [2.45, 2.75) is 46.0 Å². The van der Waals surface area contributed by atoms with Crippen molar-refractivity contribution < 1.29 is 19.0 Å². The van der Waals surface area contributed by atoms with Gasteiger partial charge in [-0.25, -0.2) is 0 Å². The van der Waals surface area contributed by atoms with E-state index in [0.29, 0.717) is 11.8 Å². The number of rotatable bonds is 4. The van der Waals surface area contributed by atoms with Crippen LogP contribution in [0, 0.1) is 19.8 Å². The fourth-order valence-corrected chi connectivity index (χ4v) is 6.97. The van der Waals surface area contributed by atoms with Gasteiger partial charge in [0.2, 0.25) is 0 Å². The molecule has 4 nitrogen and oxygen atoms in total. The molecule has 0 fully saturated rings. The smallest absolute Gasteiger partial charge is 0.138 e. The second-order valence-corrected chi connectivity index (χ2v) is 11.3. The normalized spacial score (nSPS) is 18.6. The summed E-state index contributed by atoms with van der Waals surface area (Å²) in [6.07, 6.45) is 1.07. The first-order chi connectivity index (χ1) is 19.3. The van der Waals surface area contributed by atoms with Crippen molar-refractivity contribution in [3.63, 3.8) is 0 Å². The van der Waals surface area contributed by atoms with Crippen LogP contribution in [0.1, 0.15) is 59.9 Å². The average molecular weight is 529 g/mol. The van der Waals surface area contributed by atoms with Gasteiger partial charge in [0.1, 0.15) is 34.2 Å². The molecular formula is C36H32O4. The molecule has 0 unspecified atom stereocenters. The zero-order chi connectivity index (χ0) is 27.7. The molecule has 1 aliphatic carbocycles. The highest BCUT2D eigenvalue weighted by Crippen LogP contribution is 2.53. The molecule has 0 saturated carbocycles. The van der Waals surface area contributed by atoms with E-state index in [0.717, 1.165) is 62.1 Å². The lowest BCUT2D eigenvalue weighted by Gasteiger charge is -2.21. The minimum absolute atomic E-state index is 0.247. The number of phenols is 2. The highest BCUT2D eigenvalue weighted by Gasteiger charge is 2.39. The third-order valence-corrected chi connectivity index (χ3v) is 9.06. The number of hydrogen-bond acceptors (Lipinski definition) is 4. The Labute approximate surface area is 233 Å². The summed E-state index contributed by atoms with van der Waals surface area (Å²) in [5, 5.41) is 21.7. The van der Waals surface area contributed by atoms with Crippen LogP contribution in [-0.4, -0.2) is 10.2 Å². The van der Waals surface area contributed by atoms with Gasteiger partial charge >= 0.3 is 0 Å². The molecule has 40 heavy (non-hydrogen) atoms. The number of furan rings is 2. The summed E-state index contributed by atoms with van der Waals surface area (Å²) in [5.41, 5.74) is 10.0. The maximum atomic E-state index is 9.75. The standard InChI is InChI=1S/C36H32O4/c1-5-27-19(2)34(24-10-15-32-28(16-24)20(3)35(39-32)22-6-11-25(37)12-7-22)31-17-29-21(4)36(40-33(29)18-30(27)31)23-8-13-26(38)14-9-23/h6-19,27,34,37-38H,5H2,1-4H3/t19-,27-,34-/m1/s1. The summed E-state index contributed by atoms with van der Waals surface area (Å²) in [4.78, 5) is 0. The van der Waals surface area contributed by atoms with Crippen molar-refractivity contribution in [3.05, 3.63) is 107 Å². The van der Waals surface area contributed by atoms with Crippen LogP contribution in [0.15, 0.2) is 87.7 Å². The van der Waals surface area contributed by atoms with Crippen molar-refractivity contribution in [2.75, 3.05) is 0 Å². The van der Waals surface area contributed by atoms with Crippen molar-refractivity contribution in [1.82, 2.24) is 0 Å². The maximum Gasteiger partial charge on any atom is 0.138 e. The van der Waals surface area contributed by atoms with Gasteiger partial charge in [0.25, 0.3) is 0 Å². The molecule has 0 bridgehead atoms. The second-order valence-electron chi connectivity index (χ2n) is 11.3. The van der Waals surface area contributed by atoms with Crippen molar-refractivity contribution in [3.8, 4) is 34.1 Å². The fraction of sp³-hybridized carbons (Fsp3) is 0.222. The van der Waals surface area contributed by atoms with Gasteiger partial charge < -0.3 is 19.0 Å². The van der Waals surface area contributed by atoms with Crippen LogP contribution >= 0.6 is 0 Å². The van der Waals surface area contributed by atoms with Crippen LogP contribution in [0.2, 0.25) is 0 Å². The molecule has 0 aliphatic heterocycles. The fourth-order valence-electron chi connectivity index (χ4n) is 6.97. The summed E-state index contributed by atoms with van der Waals surface area (Å²) < 4.78 is 12.7. The zero-order valence-corrected chi connectivity index (χ0v) is 23.2. The van der Waals surface area contributed by atoms with Gasteiger partial charge in [-0.05, 0) is 122 Å². The van der Waals surface area contributed by atoms with Gasteiger partial charge in [0, 0.05) is 38.9 Å². The number of aromatic hydroxyl groups is 2. The lowest BCUT2D eigenvalue weighted by atomic mass is 9.82. The van der Waals surface area contributed by atoms with E-state index in [4.69, 9.17) is 8.83 Å². The second kappa shape index (κ2) is 9.06. The van der Waals surface area contributed by atoms with E-state index in [1.165, 1.54) is 16.7 Å². The summed E-state index contributed by atoms with van der Waals surface area (Å²) in [5.74, 6) is 3.36. The largest absolute Gasteiger partial charge is 0.508 e. The number of phenolic OH excluding ortho intramolecular Hbond substituents is 2. The average Bonchev–Trinajstić information content (AvgIpc) is 3.56. The molecule has 6 aromatic rings. The molecule has 0 radical (unpaired) electrons. The summed E-state index contributed by atoms with van der Waals surface area (Å²) in [6.45, 7) is 8.89. The number of hydrogen-bond donors (Lipinski definition) is 2. The zero-order valence-electron chi connectivity index (χ0n) is 23.2. The van der Waals surface area contributed by atoms with Gasteiger partial charge in [0.15, 0.2) is 0 Å². The summed E-state index contributed by atoms with van der Waals surface area (Å²) in [7, 11) is 0. The van der Waals surface area contributed by atoms with E-state index in [9.17, 15) is 10.2 Å². The van der Waals surface area contributed by atoms with Crippen LogP contribution in [-0.2, 0) is 0 Å². The Hall–Kier alpha value is -4.44. The Kier molecular flexibility index (Phi) is 5.57. The van der Waals surface area contributed by atoms with E-state index in [-0.39, 0.29) is 17.4 Å². The van der Waals surface area contributed by atoms with Crippen molar-refractivity contribution in [2.24, 2.45) is 5.92 Å². The molecule has 4 heteroatoms. The molecule has 7 rings (SSSR count). The predicted molar refractivity (Wildman–Crippen MR) is 160 cm³/mol. The first-order valence-corrected chi connectivity index (χ1v) is 14.0. The summed E-state index contributed by atoms with van der Waals surface area (Å²) in [6, 6.07) is 25.7. The van der Waals surface area contributed by atoms with E-state index < -0.39 is 0 Å². The lowest BCUT2D eigenvalue weighted by Crippen LogP contribution is -2.09. The molecular weight excluding hydrogens is 496 g/mol. The van der Waals surface area contributed by atoms with Crippen LogP contribution in [0.25, 0.3) is 44.6 Å². The minimum atomic E-state index is 0.247. The molecule has 2 heterocycles. The van der Waals surface area contributed by atoms with E-state index in [2.05, 4.69) is 58.0 Å². The Morgan fingerprint density at radius 2 is 1.20 bits per heavy atom. The molecule has 1 aliphatic rings. The number of fused-ring (bicyclic) bond motifs is 3. The lowest BCUT2D eigenvalue weighted by molar-refractivity contribution is 0.448.